The Labute approximate surface area is 180 Å². The Morgan fingerprint density at radius 2 is 1.90 bits per heavy atom. The van der Waals surface area contributed by atoms with Gasteiger partial charge in [-0.3, -0.25) is 0 Å². The lowest BCUT2D eigenvalue weighted by molar-refractivity contribution is 0.455. The number of nitrogens with one attached hydrogen (secondary N) is 3. The predicted octanol–water partition coefficient (Wildman–Crippen LogP) is 5.36. The van der Waals surface area contributed by atoms with Gasteiger partial charge in [0.25, 0.3) is 0 Å². The molecule has 5 rings (SSSR count). The summed E-state index contributed by atoms with van der Waals surface area (Å²) < 4.78 is 0. The highest BCUT2D eigenvalue weighted by Gasteiger charge is 2.19. The topological polar surface area (TPSA) is 65.6 Å². The number of nitrogens with zero attached hydrogens (tertiary/aromatic N) is 2. The molecule has 30 heavy (non-hydrogen) atoms. The highest BCUT2D eigenvalue weighted by molar-refractivity contribution is 6.31. The number of rotatable bonds is 5. The molecule has 4 heterocycles. The Kier molecular flexibility index (Phi) is 5.39. The van der Waals surface area contributed by atoms with Crippen LogP contribution in [0.3, 0.4) is 0 Å². The molecular weight excluding hydrogens is 394 g/mol. The van der Waals surface area contributed by atoms with Crippen LogP contribution < -0.4 is 10.6 Å². The van der Waals surface area contributed by atoms with E-state index in [1.165, 1.54) is 5.69 Å². The fourth-order valence-corrected chi connectivity index (χ4v) is 4.34. The predicted molar refractivity (Wildman–Crippen MR) is 123 cm³/mol. The van der Waals surface area contributed by atoms with Gasteiger partial charge in [0.15, 0.2) is 0 Å². The maximum absolute atomic E-state index is 6.27. The fraction of sp³-hybridized carbons (Fsp3) is 0.250. The van der Waals surface area contributed by atoms with Gasteiger partial charge in [0.2, 0.25) is 0 Å². The molecule has 0 aliphatic carbocycles. The van der Waals surface area contributed by atoms with Gasteiger partial charge < -0.3 is 15.6 Å². The van der Waals surface area contributed by atoms with Crippen LogP contribution in [0.5, 0.6) is 0 Å². The molecule has 1 aliphatic heterocycles. The highest BCUT2D eigenvalue weighted by Crippen LogP contribution is 2.32. The highest BCUT2D eigenvalue weighted by atomic mass is 35.5. The molecule has 0 saturated carbocycles. The van der Waals surface area contributed by atoms with Crippen LogP contribution in [-0.4, -0.2) is 28.0 Å². The number of aromatic nitrogens is 3. The summed E-state index contributed by atoms with van der Waals surface area (Å²) in [5, 5.41) is 8.71. The van der Waals surface area contributed by atoms with Crippen molar-refractivity contribution in [3.8, 4) is 11.3 Å². The number of pyridine rings is 2. The molecule has 1 aromatic carbocycles. The zero-order valence-electron chi connectivity index (χ0n) is 16.7. The SMILES string of the molecule is Clc1ccccc1CNc1cccc(-c2ccnc3[nH]c(C4CCNCC4)cc23)n1. The number of halogens is 1. The molecule has 3 N–H and O–H groups in total. The van der Waals surface area contributed by atoms with E-state index in [1.54, 1.807) is 0 Å². The van der Waals surface area contributed by atoms with Crippen molar-refractivity contribution >= 4 is 28.5 Å². The van der Waals surface area contributed by atoms with Crippen molar-refractivity contribution < 1.29 is 0 Å². The Morgan fingerprint density at radius 1 is 1.03 bits per heavy atom. The van der Waals surface area contributed by atoms with Crippen LogP contribution in [0.4, 0.5) is 5.82 Å². The quantitative estimate of drug-likeness (QED) is 0.409. The van der Waals surface area contributed by atoms with Crippen molar-refractivity contribution in [1.29, 1.82) is 0 Å². The van der Waals surface area contributed by atoms with E-state index in [0.717, 1.165) is 64.6 Å². The number of hydrogen-bond donors (Lipinski definition) is 3. The van der Waals surface area contributed by atoms with Crippen LogP contribution in [0.15, 0.2) is 60.8 Å². The molecule has 152 valence electrons. The number of H-pyrrole nitrogens is 1. The third kappa shape index (κ3) is 3.91. The second-order valence-electron chi connectivity index (χ2n) is 7.72. The van der Waals surface area contributed by atoms with Crippen LogP contribution in [0.25, 0.3) is 22.3 Å². The second-order valence-corrected chi connectivity index (χ2v) is 8.13. The van der Waals surface area contributed by atoms with Crippen molar-refractivity contribution in [2.75, 3.05) is 18.4 Å². The van der Waals surface area contributed by atoms with Gasteiger partial charge in [-0.05, 0) is 61.8 Å². The van der Waals surface area contributed by atoms with Gasteiger partial charge >= 0.3 is 0 Å². The van der Waals surface area contributed by atoms with Crippen molar-refractivity contribution in [3.63, 3.8) is 0 Å². The zero-order valence-corrected chi connectivity index (χ0v) is 17.4. The zero-order chi connectivity index (χ0) is 20.3. The van der Waals surface area contributed by atoms with E-state index >= 15 is 0 Å². The summed E-state index contributed by atoms with van der Waals surface area (Å²) in [5.41, 5.74) is 5.28. The smallest absolute Gasteiger partial charge is 0.138 e. The van der Waals surface area contributed by atoms with E-state index in [1.807, 2.05) is 54.7 Å². The van der Waals surface area contributed by atoms with Crippen molar-refractivity contribution in [2.45, 2.75) is 25.3 Å². The van der Waals surface area contributed by atoms with Crippen LogP contribution in [0.2, 0.25) is 5.02 Å². The van der Waals surface area contributed by atoms with E-state index in [-0.39, 0.29) is 0 Å². The van der Waals surface area contributed by atoms with Crippen LogP contribution in [0.1, 0.15) is 30.0 Å². The van der Waals surface area contributed by atoms with Gasteiger partial charge in [0.05, 0.1) is 5.69 Å². The molecule has 4 aromatic rings. The summed E-state index contributed by atoms with van der Waals surface area (Å²) in [4.78, 5) is 13.0. The van der Waals surface area contributed by atoms with Gasteiger partial charge in [0, 0.05) is 40.3 Å². The largest absolute Gasteiger partial charge is 0.366 e. The lowest BCUT2D eigenvalue weighted by Gasteiger charge is -2.21. The van der Waals surface area contributed by atoms with Gasteiger partial charge in [-0.1, -0.05) is 35.9 Å². The van der Waals surface area contributed by atoms with Gasteiger partial charge in [-0.2, -0.15) is 0 Å². The molecule has 0 bridgehead atoms. The Balaban J connectivity index is 1.43. The molecule has 0 atom stereocenters. The molecule has 1 aliphatic rings. The average molecular weight is 418 g/mol. The number of aromatic amines is 1. The van der Waals surface area contributed by atoms with Crippen LogP contribution >= 0.6 is 11.6 Å². The van der Waals surface area contributed by atoms with Crippen LogP contribution in [-0.2, 0) is 6.54 Å². The lowest BCUT2D eigenvalue weighted by Crippen LogP contribution is -2.26. The van der Waals surface area contributed by atoms with Crippen molar-refractivity contribution in [1.82, 2.24) is 20.3 Å². The summed E-state index contributed by atoms with van der Waals surface area (Å²) in [6.07, 6.45) is 4.16. The molecular formula is C24H24ClN5. The fourth-order valence-electron chi connectivity index (χ4n) is 4.13. The standard InChI is InChI=1S/C24H24ClN5/c25-20-5-2-1-4-17(20)15-28-23-7-3-6-21(29-23)18-10-13-27-24-19(18)14-22(30-24)16-8-11-26-12-9-16/h1-7,10,13-14,16,26H,8-9,11-12,15H2,(H,27,30)(H,28,29). The number of piperidine rings is 1. The number of fused-ring (bicyclic) bond motifs is 1. The molecule has 0 unspecified atom stereocenters. The maximum atomic E-state index is 6.27. The Hall–Kier alpha value is -2.89. The maximum Gasteiger partial charge on any atom is 0.138 e. The van der Waals surface area contributed by atoms with Crippen molar-refractivity contribution in [2.24, 2.45) is 0 Å². The second kappa shape index (κ2) is 8.46. The van der Waals surface area contributed by atoms with Gasteiger partial charge in [0.1, 0.15) is 11.5 Å². The van der Waals surface area contributed by atoms with Gasteiger partial charge in [-0.15, -0.1) is 0 Å². The lowest BCUT2D eigenvalue weighted by atomic mass is 9.94. The minimum atomic E-state index is 0.560. The first-order valence-corrected chi connectivity index (χ1v) is 10.8. The van der Waals surface area contributed by atoms with Crippen molar-refractivity contribution in [3.05, 3.63) is 77.1 Å². The normalized spacial score (nSPS) is 14.8. The van der Waals surface area contributed by atoms with Gasteiger partial charge in [-0.25, -0.2) is 9.97 Å². The molecule has 5 nitrogen and oxygen atoms in total. The summed E-state index contributed by atoms with van der Waals surface area (Å²) in [7, 11) is 0. The molecule has 0 spiro atoms. The molecule has 6 heteroatoms. The van der Waals surface area contributed by atoms with Crippen LogP contribution in [0, 0.1) is 0 Å². The first kappa shape index (κ1) is 19.1. The first-order valence-electron chi connectivity index (χ1n) is 10.4. The molecule has 3 aromatic heterocycles. The molecule has 0 radical (unpaired) electrons. The molecule has 1 fully saturated rings. The third-order valence-corrected chi connectivity index (χ3v) is 6.14. The summed E-state index contributed by atoms with van der Waals surface area (Å²) in [5.74, 6) is 1.39. The first-order chi connectivity index (χ1) is 14.8. The van der Waals surface area contributed by atoms with E-state index in [4.69, 9.17) is 16.6 Å². The monoisotopic (exact) mass is 417 g/mol. The number of anilines is 1. The summed E-state index contributed by atoms with van der Waals surface area (Å²) in [6.45, 7) is 2.77. The number of hydrogen-bond acceptors (Lipinski definition) is 4. The van der Waals surface area contributed by atoms with E-state index in [9.17, 15) is 0 Å². The van der Waals surface area contributed by atoms with E-state index in [2.05, 4.69) is 26.7 Å². The molecule has 1 saturated heterocycles. The minimum Gasteiger partial charge on any atom is -0.366 e. The summed E-state index contributed by atoms with van der Waals surface area (Å²) in [6, 6.07) is 18.2. The minimum absolute atomic E-state index is 0.560. The number of benzene rings is 1. The Bertz CT molecular complexity index is 1160. The Morgan fingerprint density at radius 3 is 2.77 bits per heavy atom. The molecule has 0 amide bonds. The average Bonchev–Trinajstić information content (AvgIpc) is 3.24. The summed E-state index contributed by atoms with van der Waals surface area (Å²) >= 11 is 6.27. The van der Waals surface area contributed by atoms with E-state index in [0.29, 0.717) is 12.5 Å². The van der Waals surface area contributed by atoms with E-state index < -0.39 is 0 Å². The third-order valence-electron chi connectivity index (χ3n) is 5.77.